The van der Waals surface area contributed by atoms with Gasteiger partial charge in [0.25, 0.3) is 11.8 Å². The van der Waals surface area contributed by atoms with Gasteiger partial charge in [-0.2, -0.15) is 4.33 Å². The number of nitrogens with one attached hydrogen (secondary N) is 1. The Morgan fingerprint density at radius 1 is 0.830 bits per heavy atom. The van der Waals surface area contributed by atoms with Gasteiger partial charge in [-0.05, 0) is 61.4 Å². The molecule has 1 fully saturated rings. The highest BCUT2D eigenvalue weighted by Crippen LogP contribution is 2.29. The fourth-order valence-corrected chi connectivity index (χ4v) is 6.52. The molecule has 0 unspecified atom stereocenters. The van der Waals surface area contributed by atoms with E-state index in [9.17, 15) is 42.2 Å². The number of aromatic amines is 1. The second-order valence-electron chi connectivity index (χ2n) is 10.8. The van der Waals surface area contributed by atoms with Crippen LogP contribution in [0.25, 0.3) is 43.6 Å². The molecule has 0 spiro atoms. The third kappa shape index (κ3) is 6.36. The fraction of sp³-hybridized carbons (Fsp3) is 0.233. The number of aromatic nitrogens is 2. The van der Waals surface area contributed by atoms with E-state index in [1.165, 1.54) is 24.3 Å². The molecular formula is C30H23N3O12S2-2. The monoisotopic (exact) mass is 681 g/mol. The third-order valence-electron chi connectivity index (χ3n) is 7.83. The Kier molecular flexibility index (Phi) is 8.84. The standard InChI is InChI=1S/C30H25N3O12S2/c34-26-9-10-27(35)33(26)43-28(36)4-2-1-3-11-32-24-8-5-16(46-45-44-39)12-20(24)30(38)21-14-23-19(15-25(21)32)29(37)18-13-17(47(40,41)42)6-7-22(18)31-23/h5-8,12-15,39H,1-4,9-11H2,(H,31,37)(H,40,41,42)/p-2. The molecule has 0 aliphatic carbocycles. The summed E-state index contributed by atoms with van der Waals surface area (Å²) in [5.41, 5.74) is 0.545. The zero-order valence-electron chi connectivity index (χ0n) is 24.2. The van der Waals surface area contributed by atoms with Crippen molar-refractivity contribution in [2.75, 3.05) is 0 Å². The lowest BCUT2D eigenvalue weighted by Crippen LogP contribution is -2.31. The van der Waals surface area contributed by atoms with E-state index in [1.807, 2.05) is 4.57 Å². The number of aryl methyl sites for hydroxylation is 1. The summed E-state index contributed by atoms with van der Waals surface area (Å²) in [5, 5.41) is 15.0. The van der Waals surface area contributed by atoms with Gasteiger partial charge in [-0.25, -0.2) is 13.2 Å². The molecule has 1 aliphatic rings. The molecule has 17 heteroatoms. The zero-order valence-corrected chi connectivity index (χ0v) is 25.8. The van der Waals surface area contributed by atoms with Crippen LogP contribution in [0.4, 0.5) is 0 Å². The highest BCUT2D eigenvalue weighted by molar-refractivity contribution is 7.94. The van der Waals surface area contributed by atoms with Crippen molar-refractivity contribution in [2.45, 2.75) is 54.9 Å². The van der Waals surface area contributed by atoms with Crippen molar-refractivity contribution in [1.82, 2.24) is 14.6 Å². The first-order valence-electron chi connectivity index (χ1n) is 14.2. The Labute approximate surface area is 268 Å². The number of fused-ring (bicyclic) bond motifs is 4. The van der Waals surface area contributed by atoms with Gasteiger partial charge in [-0.3, -0.25) is 24.2 Å². The highest BCUT2D eigenvalue weighted by atomic mass is 32.2. The maximum Gasteiger partial charge on any atom is 0.333 e. The van der Waals surface area contributed by atoms with Gasteiger partial charge in [0.1, 0.15) is 10.1 Å². The van der Waals surface area contributed by atoms with E-state index in [4.69, 9.17) is 4.84 Å². The molecular weight excluding hydrogens is 658 g/mol. The first-order valence-corrected chi connectivity index (χ1v) is 16.4. The summed E-state index contributed by atoms with van der Waals surface area (Å²) in [6.45, 7) is 0.327. The number of imide groups is 1. The van der Waals surface area contributed by atoms with Crippen molar-refractivity contribution in [3.05, 3.63) is 69.0 Å². The number of carbonyl (C=O) groups is 3. The first kappa shape index (κ1) is 32.3. The van der Waals surface area contributed by atoms with Crippen LogP contribution >= 0.6 is 12.0 Å². The van der Waals surface area contributed by atoms with Gasteiger partial charge >= 0.3 is 5.97 Å². The van der Waals surface area contributed by atoms with Gasteiger partial charge in [-0.1, -0.05) is 6.42 Å². The molecule has 0 atom stereocenters. The second-order valence-corrected chi connectivity index (χ2v) is 12.9. The average molecular weight is 682 g/mol. The van der Waals surface area contributed by atoms with Gasteiger partial charge in [0, 0.05) is 57.8 Å². The van der Waals surface area contributed by atoms with E-state index < -0.39 is 38.2 Å². The van der Waals surface area contributed by atoms with Crippen LogP contribution in [0.2, 0.25) is 0 Å². The Morgan fingerprint density at radius 3 is 2.26 bits per heavy atom. The number of hydrogen-bond donors (Lipinski definition) is 1. The summed E-state index contributed by atoms with van der Waals surface area (Å²) < 4.78 is 41.1. The van der Waals surface area contributed by atoms with Crippen LogP contribution in [-0.2, 0) is 45.3 Å². The van der Waals surface area contributed by atoms with Gasteiger partial charge in [0.05, 0.1) is 33.5 Å². The third-order valence-corrected chi connectivity index (χ3v) is 9.23. The number of hydrogen-bond acceptors (Lipinski definition) is 13. The molecule has 2 amide bonds. The van der Waals surface area contributed by atoms with Crippen LogP contribution in [0.3, 0.4) is 0 Å². The normalized spacial score (nSPS) is 13.9. The summed E-state index contributed by atoms with van der Waals surface area (Å²) in [4.78, 5) is 70.8. The van der Waals surface area contributed by atoms with Crippen LogP contribution < -0.4 is 16.1 Å². The molecule has 244 valence electrons. The van der Waals surface area contributed by atoms with Gasteiger partial charge in [-0.15, -0.1) is 5.06 Å². The van der Waals surface area contributed by atoms with Gasteiger partial charge in [0.15, 0.2) is 10.9 Å². The molecule has 3 aromatic carbocycles. The summed E-state index contributed by atoms with van der Waals surface area (Å²) >= 11 is 0.618. The molecule has 1 aliphatic heterocycles. The lowest BCUT2D eigenvalue weighted by molar-refractivity contribution is -0.777. The molecule has 5 aromatic rings. The summed E-state index contributed by atoms with van der Waals surface area (Å²) in [6.07, 6.45) is 1.33. The van der Waals surface area contributed by atoms with Crippen LogP contribution in [0, 0.1) is 0 Å². The lowest BCUT2D eigenvalue weighted by Gasteiger charge is -2.17. The Hall–Kier alpha value is -4.65. The largest absolute Gasteiger partial charge is 0.744 e. The summed E-state index contributed by atoms with van der Waals surface area (Å²) in [5.74, 6) is -1.85. The number of rotatable bonds is 11. The minimum atomic E-state index is -4.82. The average Bonchev–Trinajstić information content (AvgIpc) is 3.36. The summed E-state index contributed by atoms with van der Waals surface area (Å²) in [6, 6.07) is 11.3. The number of pyridine rings is 2. The lowest BCUT2D eigenvalue weighted by atomic mass is 10.0. The highest BCUT2D eigenvalue weighted by Gasteiger charge is 2.32. The van der Waals surface area contributed by atoms with Crippen LogP contribution in [0.5, 0.6) is 0 Å². The molecule has 0 saturated carbocycles. The Balaban J connectivity index is 1.37. The van der Waals surface area contributed by atoms with Crippen molar-refractivity contribution >= 4 is 83.6 Å². The van der Waals surface area contributed by atoms with E-state index in [0.29, 0.717) is 64.4 Å². The zero-order chi connectivity index (χ0) is 33.5. The smallest absolute Gasteiger partial charge is 0.333 e. The molecule has 15 nitrogen and oxygen atoms in total. The van der Waals surface area contributed by atoms with Crippen molar-refractivity contribution in [1.29, 1.82) is 0 Å². The fourth-order valence-electron chi connectivity index (χ4n) is 5.63. The minimum Gasteiger partial charge on any atom is -0.744 e. The van der Waals surface area contributed by atoms with Crippen molar-refractivity contribution < 1.29 is 46.8 Å². The Bertz CT molecular complexity index is 2330. The number of nitrogens with zero attached hydrogens (tertiary/aromatic N) is 2. The molecule has 0 bridgehead atoms. The van der Waals surface area contributed by atoms with Crippen molar-refractivity contribution in [3.8, 4) is 0 Å². The number of H-pyrrole nitrogens is 1. The minimum absolute atomic E-state index is 0.00646. The van der Waals surface area contributed by atoms with Gasteiger partial charge < -0.3 is 24.2 Å². The molecule has 47 heavy (non-hydrogen) atoms. The van der Waals surface area contributed by atoms with Crippen LogP contribution in [0.1, 0.15) is 38.5 Å². The maximum atomic E-state index is 13.8. The van der Waals surface area contributed by atoms with E-state index in [-0.39, 0.29) is 51.8 Å². The van der Waals surface area contributed by atoms with E-state index in [0.717, 1.165) is 12.1 Å². The number of unbranched alkanes of at least 4 members (excludes halogenated alkanes) is 2. The number of hydroxylamine groups is 2. The topological polar surface area (TPSA) is 217 Å². The van der Waals surface area contributed by atoms with E-state index >= 15 is 0 Å². The van der Waals surface area contributed by atoms with Crippen LogP contribution in [0.15, 0.2) is 67.9 Å². The maximum absolute atomic E-state index is 13.8. The molecule has 0 radical (unpaired) electrons. The number of benzene rings is 3. The predicted octanol–water partition coefficient (Wildman–Crippen LogP) is 2.45. The quantitative estimate of drug-likeness (QED) is 0.0403. The number of amides is 2. The molecule has 1 saturated heterocycles. The van der Waals surface area contributed by atoms with Crippen molar-refractivity contribution in [2.24, 2.45) is 0 Å². The molecule has 2 aromatic heterocycles. The summed E-state index contributed by atoms with van der Waals surface area (Å²) in [7, 11) is -4.82. The van der Waals surface area contributed by atoms with E-state index in [1.54, 1.807) is 12.1 Å². The van der Waals surface area contributed by atoms with E-state index in [2.05, 4.69) is 14.4 Å². The van der Waals surface area contributed by atoms with Gasteiger partial charge in [0.2, 0.25) is 0 Å². The Morgan fingerprint density at radius 2 is 1.53 bits per heavy atom. The first-order chi connectivity index (χ1) is 22.5. The molecule has 1 N–H and O–H groups in total. The number of carbonyl (C=O) groups excluding carboxylic acids is 3. The molecule has 3 heterocycles. The van der Waals surface area contributed by atoms with Crippen molar-refractivity contribution in [3.63, 3.8) is 0 Å². The molecule has 6 rings (SSSR count). The van der Waals surface area contributed by atoms with Crippen LogP contribution in [-0.4, -0.2) is 45.4 Å². The second kappa shape index (κ2) is 12.9. The SMILES string of the molecule is O=C(CCCCCn1c2ccc(SOO[O-])cc2c(=O)c2cc3[nH]c4ccc(S(=O)(=O)[O-])cc4c(=O)c3cc21)ON1C(=O)CCC1=O. The predicted molar refractivity (Wildman–Crippen MR) is 163 cm³/mol.